The Bertz CT molecular complexity index is 282. The van der Waals surface area contributed by atoms with Crippen LogP contribution in [0.1, 0.15) is 12.2 Å². The third kappa shape index (κ3) is 1.20. The van der Waals surface area contributed by atoms with E-state index in [0.717, 1.165) is 31.6 Å². The summed E-state index contributed by atoms with van der Waals surface area (Å²) in [6.07, 6.45) is 6.40. The second-order valence-electron chi connectivity index (χ2n) is 3.01. The molecular weight excluding hydrogens is 154 g/mol. The van der Waals surface area contributed by atoms with E-state index >= 15 is 0 Å². The van der Waals surface area contributed by atoms with Gasteiger partial charge in [0, 0.05) is 31.4 Å². The molecule has 0 saturated heterocycles. The van der Waals surface area contributed by atoms with Crippen molar-refractivity contribution in [2.75, 3.05) is 0 Å². The van der Waals surface area contributed by atoms with Crippen LogP contribution in [-0.2, 0) is 17.8 Å². The Morgan fingerprint density at radius 3 is 3.50 bits per heavy atom. The maximum atomic E-state index is 10.2. The van der Waals surface area contributed by atoms with Gasteiger partial charge in [0.25, 0.3) is 0 Å². The zero-order chi connectivity index (χ0) is 8.39. The lowest BCUT2D eigenvalue weighted by Crippen LogP contribution is -2.35. The molecule has 0 bridgehead atoms. The fourth-order valence-electron chi connectivity index (χ4n) is 1.59. The van der Waals surface area contributed by atoms with Crippen molar-refractivity contribution < 1.29 is 4.79 Å². The molecule has 1 aliphatic heterocycles. The van der Waals surface area contributed by atoms with Gasteiger partial charge in [-0.15, -0.1) is 0 Å². The third-order valence-electron chi connectivity index (χ3n) is 2.25. The Morgan fingerprint density at radius 1 is 1.75 bits per heavy atom. The molecule has 0 fully saturated rings. The molecule has 2 heterocycles. The number of carbonyl (C=O) groups excluding carboxylic acids is 1. The standard InChI is InChI=1S/C8H11N3O/c12-6-10-7-1-3-11-4-2-9-8(11)5-7/h2,4,6-7H,1,3,5H2,(H,10,12). The fourth-order valence-corrected chi connectivity index (χ4v) is 1.59. The van der Waals surface area contributed by atoms with Crippen LogP contribution in [0.5, 0.6) is 0 Å². The second kappa shape index (κ2) is 2.97. The van der Waals surface area contributed by atoms with Crippen molar-refractivity contribution in [1.29, 1.82) is 0 Å². The van der Waals surface area contributed by atoms with Gasteiger partial charge in [0.1, 0.15) is 5.82 Å². The largest absolute Gasteiger partial charge is 0.355 e. The zero-order valence-corrected chi connectivity index (χ0v) is 6.73. The molecule has 0 aromatic carbocycles. The predicted octanol–water partition coefficient (Wildman–Crippen LogP) is -0.0561. The number of hydrogen-bond acceptors (Lipinski definition) is 2. The molecule has 1 aromatic heterocycles. The summed E-state index contributed by atoms with van der Waals surface area (Å²) in [5.74, 6) is 1.07. The van der Waals surface area contributed by atoms with E-state index in [1.807, 2.05) is 6.20 Å². The Kier molecular flexibility index (Phi) is 1.81. The molecule has 64 valence electrons. The summed E-state index contributed by atoms with van der Waals surface area (Å²) in [7, 11) is 0. The summed E-state index contributed by atoms with van der Waals surface area (Å²) < 4.78 is 2.13. The van der Waals surface area contributed by atoms with Crippen molar-refractivity contribution in [2.45, 2.75) is 25.4 Å². The summed E-state index contributed by atoms with van der Waals surface area (Å²) >= 11 is 0. The highest BCUT2D eigenvalue weighted by Crippen LogP contribution is 2.12. The number of fused-ring (bicyclic) bond motifs is 1. The van der Waals surface area contributed by atoms with E-state index in [0.29, 0.717) is 0 Å². The van der Waals surface area contributed by atoms with E-state index in [4.69, 9.17) is 0 Å². The average Bonchev–Trinajstić information content (AvgIpc) is 2.51. The number of nitrogens with one attached hydrogen (secondary N) is 1. The second-order valence-corrected chi connectivity index (χ2v) is 3.01. The third-order valence-corrected chi connectivity index (χ3v) is 2.25. The molecule has 0 saturated carbocycles. The first kappa shape index (κ1) is 7.34. The Labute approximate surface area is 70.6 Å². The molecule has 1 unspecified atom stereocenters. The van der Waals surface area contributed by atoms with Gasteiger partial charge in [-0.05, 0) is 6.42 Å². The van der Waals surface area contributed by atoms with Crippen molar-refractivity contribution >= 4 is 6.41 Å². The number of carbonyl (C=O) groups is 1. The average molecular weight is 165 g/mol. The van der Waals surface area contributed by atoms with Gasteiger partial charge in [-0.2, -0.15) is 0 Å². The number of rotatable bonds is 2. The minimum atomic E-state index is 0.275. The highest BCUT2D eigenvalue weighted by molar-refractivity contribution is 5.46. The zero-order valence-electron chi connectivity index (χ0n) is 6.73. The van der Waals surface area contributed by atoms with E-state index in [2.05, 4.69) is 14.9 Å². The Morgan fingerprint density at radius 2 is 2.67 bits per heavy atom. The van der Waals surface area contributed by atoms with Crippen LogP contribution in [0.2, 0.25) is 0 Å². The first-order valence-corrected chi connectivity index (χ1v) is 4.10. The van der Waals surface area contributed by atoms with Crippen molar-refractivity contribution in [3.63, 3.8) is 0 Å². The van der Waals surface area contributed by atoms with Crippen molar-refractivity contribution in [2.24, 2.45) is 0 Å². The lowest BCUT2D eigenvalue weighted by atomic mass is 10.1. The molecule has 0 aliphatic carbocycles. The van der Waals surface area contributed by atoms with Gasteiger partial charge in [-0.1, -0.05) is 0 Å². The van der Waals surface area contributed by atoms with Crippen molar-refractivity contribution in [3.8, 4) is 0 Å². The lowest BCUT2D eigenvalue weighted by Gasteiger charge is -2.22. The summed E-state index contributed by atoms with van der Waals surface area (Å²) in [5, 5.41) is 2.78. The molecule has 1 atom stereocenters. The van der Waals surface area contributed by atoms with Gasteiger partial charge in [0.2, 0.25) is 6.41 Å². The van der Waals surface area contributed by atoms with Crippen LogP contribution in [-0.4, -0.2) is 22.0 Å². The highest BCUT2D eigenvalue weighted by atomic mass is 16.1. The summed E-state index contributed by atoms with van der Waals surface area (Å²) in [4.78, 5) is 14.4. The molecule has 2 rings (SSSR count). The first-order chi connectivity index (χ1) is 5.90. The van der Waals surface area contributed by atoms with Crippen LogP contribution in [0.3, 0.4) is 0 Å². The lowest BCUT2D eigenvalue weighted by molar-refractivity contribution is -0.110. The van der Waals surface area contributed by atoms with Crippen molar-refractivity contribution in [3.05, 3.63) is 18.2 Å². The first-order valence-electron chi connectivity index (χ1n) is 4.10. The van der Waals surface area contributed by atoms with Crippen LogP contribution < -0.4 is 5.32 Å². The molecule has 0 radical (unpaired) electrons. The Hall–Kier alpha value is -1.32. The van der Waals surface area contributed by atoms with Crippen LogP contribution in [0.15, 0.2) is 12.4 Å². The van der Waals surface area contributed by atoms with Crippen LogP contribution in [0.4, 0.5) is 0 Å². The van der Waals surface area contributed by atoms with Crippen LogP contribution >= 0.6 is 0 Å². The smallest absolute Gasteiger partial charge is 0.207 e. The molecular formula is C8H11N3O. The van der Waals surface area contributed by atoms with Gasteiger partial charge in [0.05, 0.1) is 0 Å². The molecule has 1 aliphatic rings. The molecule has 12 heavy (non-hydrogen) atoms. The molecule has 1 aromatic rings. The monoisotopic (exact) mass is 165 g/mol. The molecule has 4 heteroatoms. The SMILES string of the molecule is O=CNC1CCn2ccnc2C1. The maximum absolute atomic E-state index is 10.2. The molecule has 4 nitrogen and oxygen atoms in total. The van der Waals surface area contributed by atoms with E-state index in [1.165, 1.54) is 0 Å². The number of amides is 1. The van der Waals surface area contributed by atoms with Crippen LogP contribution in [0, 0.1) is 0 Å². The number of nitrogens with zero attached hydrogens (tertiary/aromatic N) is 2. The highest BCUT2D eigenvalue weighted by Gasteiger charge is 2.17. The normalized spacial score (nSPS) is 21.5. The molecule has 1 amide bonds. The summed E-state index contributed by atoms with van der Waals surface area (Å²) in [6, 6.07) is 0.275. The Balaban J connectivity index is 2.09. The number of hydrogen-bond donors (Lipinski definition) is 1. The molecule has 1 N–H and O–H groups in total. The minimum absolute atomic E-state index is 0.275. The van der Waals surface area contributed by atoms with E-state index in [9.17, 15) is 4.79 Å². The van der Waals surface area contributed by atoms with E-state index in [-0.39, 0.29) is 6.04 Å². The van der Waals surface area contributed by atoms with Gasteiger partial charge >= 0.3 is 0 Å². The summed E-state index contributed by atoms with van der Waals surface area (Å²) in [6.45, 7) is 0.959. The van der Waals surface area contributed by atoms with E-state index in [1.54, 1.807) is 6.20 Å². The number of imidazole rings is 1. The quantitative estimate of drug-likeness (QED) is 0.624. The van der Waals surface area contributed by atoms with Crippen LogP contribution in [0.25, 0.3) is 0 Å². The number of aryl methyl sites for hydroxylation is 1. The predicted molar refractivity (Wildman–Crippen MR) is 43.5 cm³/mol. The summed E-state index contributed by atoms with van der Waals surface area (Å²) in [5.41, 5.74) is 0. The maximum Gasteiger partial charge on any atom is 0.207 e. The van der Waals surface area contributed by atoms with Gasteiger partial charge < -0.3 is 9.88 Å². The van der Waals surface area contributed by atoms with Gasteiger partial charge in [-0.25, -0.2) is 4.98 Å². The number of aromatic nitrogens is 2. The fraction of sp³-hybridized carbons (Fsp3) is 0.500. The topological polar surface area (TPSA) is 46.9 Å². The minimum Gasteiger partial charge on any atom is -0.355 e. The van der Waals surface area contributed by atoms with Crippen molar-refractivity contribution in [1.82, 2.24) is 14.9 Å². The van der Waals surface area contributed by atoms with Gasteiger partial charge in [0.15, 0.2) is 0 Å². The van der Waals surface area contributed by atoms with Gasteiger partial charge in [-0.3, -0.25) is 4.79 Å². The van der Waals surface area contributed by atoms with E-state index < -0.39 is 0 Å². The molecule has 0 spiro atoms.